The Hall–Kier alpha value is -4.72. The molecule has 40 heavy (non-hydrogen) atoms. The molecule has 0 fully saturated rings. The number of nitrogens with one attached hydrogen (secondary N) is 1. The third kappa shape index (κ3) is 5.81. The van der Waals surface area contributed by atoms with E-state index in [-0.39, 0.29) is 12.8 Å². The van der Waals surface area contributed by atoms with E-state index < -0.39 is 17.8 Å². The fourth-order valence-electron chi connectivity index (χ4n) is 5.12. The number of fused-ring (bicyclic) bond motifs is 1. The molecule has 3 aromatic carbocycles. The SMILES string of the molecule is COC(=O)c1cccc(CNc2nn(C(=O)CCC(=O)O)c3cccc(-c4ccc(C5=CCCCC5)cc4)c23)c1. The molecule has 8 nitrogen and oxygen atoms in total. The van der Waals surface area contributed by atoms with Gasteiger partial charge < -0.3 is 15.2 Å². The van der Waals surface area contributed by atoms with Crippen LogP contribution in [0.2, 0.25) is 0 Å². The Kier molecular flexibility index (Phi) is 8.05. The zero-order chi connectivity index (χ0) is 28.1. The summed E-state index contributed by atoms with van der Waals surface area (Å²) >= 11 is 0. The van der Waals surface area contributed by atoms with Crippen LogP contribution < -0.4 is 5.32 Å². The van der Waals surface area contributed by atoms with Gasteiger partial charge in [0.05, 0.1) is 30.0 Å². The lowest BCUT2D eigenvalue weighted by Crippen LogP contribution is -2.14. The lowest BCUT2D eigenvalue weighted by molar-refractivity contribution is -0.137. The Morgan fingerprint density at radius 3 is 2.48 bits per heavy atom. The molecule has 0 amide bonds. The molecule has 0 unspecified atom stereocenters. The maximum atomic E-state index is 13.0. The number of benzene rings is 3. The van der Waals surface area contributed by atoms with Crippen LogP contribution in [0.3, 0.4) is 0 Å². The number of rotatable bonds is 9. The van der Waals surface area contributed by atoms with E-state index in [1.807, 2.05) is 24.3 Å². The number of aromatic nitrogens is 2. The minimum atomic E-state index is -1.04. The molecule has 4 aromatic rings. The topological polar surface area (TPSA) is 111 Å². The molecule has 0 aliphatic heterocycles. The highest BCUT2D eigenvalue weighted by molar-refractivity contribution is 6.06. The van der Waals surface area contributed by atoms with Gasteiger partial charge >= 0.3 is 11.9 Å². The highest BCUT2D eigenvalue weighted by atomic mass is 16.5. The van der Waals surface area contributed by atoms with Crippen LogP contribution in [0.1, 0.15) is 64.8 Å². The molecule has 0 atom stereocenters. The summed E-state index contributed by atoms with van der Waals surface area (Å²) < 4.78 is 6.12. The average molecular weight is 538 g/mol. The summed E-state index contributed by atoms with van der Waals surface area (Å²) in [5.41, 5.74) is 6.37. The van der Waals surface area contributed by atoms with Crippen LogP contribution in [0.5, 0.6) is 0 Å². The van der Waals surface area contributed by atoms with E-state index in [2.05, 4.69) is 40.8 Å². The van der Waals surface area contributed by atoms with E-state index in [4.69, 9.17) is 9.84 Å². The quantitative estimate of drug-likeness (QED) is 0.233. The predicted molar refractivity (Wildman–Crippen MR) is 154 cm³/mol. The molecule has 0 bridgehead atoms. The monoisotopic (exact) mass is 537 g/mol. The van der Waals surface area contributed by atoms with Gasteiger partial charge in [-0.1, -0.05) is 54.6 Å². The lowest BCUT2D eigenvalue weighted by atomic mass is 9.92. The van der Waals surface area contributed by atoms with Gasteiger partial charge in [-0.05, 0) is 71.7 Å². The summed E-state index contributed by atoms with van der Waals surface area (Å²) in [4.78, 5) is 36.1. The van der Waals surface area contributed by atoms with E-state index in [0.29, 0.717) is 23.4 Å². The molecule has 1 heterocycles. The van der Waals surface area contributed by atoms with Gasteiger partial charge in [-0.25, -0.2) is 4.79 Å². The predicted octanol–water partition coefficient (Wildman–Crippen LogP) is 6.56. The number of ether oxygens (including phenoxy) is 1. The number of anilines is 1. The van der Waals surface area contributed by atoms with Crippen molar-refractivity contribution in [2.24, 2.45) is 0 Å². The second kappa shape index (κ2) is 12.0. The first-order valence-corrected chi connectivity index (χ1v) is 13.4. The van der Waals surface area contributed by atoms with Gasteiger partial charge in [-0.3, -0.25) is 9.59 Å². The van der Waals surface area contributed by atoms with Crippen LogP contribution in [0.4, 0.5) is 5.82 Å². The van der Waals surface area contributed by atoms with Gasteiger partial charge in [-0.15, -0.1) is 5.10 Å². The Balaban J connectivity index is 1.53. The Labute approximate surface area is 232 Å². The van der Waals surface area contributed by atoms with Gasteiger partial charge in [0.15, 0.2) is 5.82 Å². The molecular formula is C32H31N3O5. The summed E-state index contributed by atoms with van der Waals surface area (Å²) in [5, 5.41) is 17.8. The van der Waals surface area contributed by atoms with Crippen LogP contribution in [0, 0.1) is 0 Å². The van der Waals surface area contributed by atoms with E-state index >= 15 is 0 Å². The molecule has 0 saturated carbocycles. The van der Waals surface area contributed by atoms with Crippen LogP contribution in [-0.4, -0.2) is 39.8 Å². The van der Waals surface area contributed by atoms with Crippen molar-refractivity contribution in [1.82, 2.24) is 9.78 Å². The van der Waals surface area contributed by atoms with Gasteiger partial charge in [0.25, 0.3) is 0 Å². The third-order valence-electron chi connectivity index (χ3n) is 7.16. The number of allylic oxidation sites excluding steroid dienone is 2. The normalized spacial score (nSPS) is 13.1. The van der Waals surface area contributed by atoms with Crippen molar-refractivity contribution < 1.29 is 24.2 Å². The Morgan fingerprint density at radius 1 is 0.975 bits per heavy atom. The number of carbonyl (C=O) groups excluding carboxylic acids is 2. The zero-order valence-corrected chi connectivity index (χ0v) is 22.4. The minimum Gasteiger partial charge on any atom is -0.481 e. The van der Waals surface area contributed by atoms with E-state index in [9.17, 15) is 14.4 Å². The molecule has 1 aliphatic carbocycles. The summed E-state index contributed by atoms with van der Waals surface area (Å²) in [6.07, 6.45) is 6.53. The Bertz CT molecular complexity index is 1600. The molecule has 2 N–H and O–H groups in total. The van der Waals surface area contributed by atoms with Crippen molar-refractivity contribution in [2.75, 3.05) is 12.4 Å². The molecule has 0 radical (unpaired) electrons. The number of aliphatic carboxylic acids is 1. The van der Waals surface area contributed by atoms with Gasteiger partial charge in [-0.2, -0.15) is 4.68 Å². The molecule has 1 aromatic heterocycles. The number of esters is 1. The van der Waals surface area contributed by atoms with E-state index in [0.717, 1.165) is 34.9 Å². The lowest BCUT2D eigenvalue weighted by Gasteiger charge is -2.14. The number of carbonyl (C=O) groups is 3. The first kappa shape index (κ1) is 26.9. The van der Waals surface area contributed by atoms with Crippen molar-refractivity contribution in [3.05, 3.63) is 89.5 Å². The van der Waals surface area contributed by atoms with E-state index in [1.165, 1.54) is 35.8 Å². The van der Waals surface area contributed by atoms with Crippen molar-refractivity contribution in [1.29, 1.82) is 0 Å². The van der Waals surface area contributed by atoms with Crippen LogP contribution in [-0.2, 0) is 16.1 Å². The van der Waals surface area contributed by atoms with Crippen LogP contribution in [0.25, 0.3) is 27.6 Å². The maximum Gasteiger partial charge on any atom is 0.337 e. The fourth-order valence-corrected chi connectivity index (χ4v) is 5.12. The number of carboxylic acid groups (broad SMARTS) is 1. The molecule has 204 valence electrons. The summed E-state index contributed by atoms with van der Waals surface area (Å²) in [5.74, 6) is -1.36. The van der Waals surface area contributed by atoms with Crippen molar-refractivity contribution in [2.45, 2.75) is 45.1 Å². The number of carboxylic acids is 1. The van der Waals surface area contributed by atoms with Crippen molar-refractivity contribution >= 4 is 40.1 Å². The fraction of sp³-hybridized carbons (Fsp3) is 0.250. The highest BCUT2D eigenvalue weighted by Gasteiger charge is 2.20. The molecule has 1 aliphatic rings. The third-order valence-corrected chi connectivity index (χ3v) is 7.16. The van der Waals surface area contributed by atoms with Gasteiger partial charge in [0.2, 0.25) is 5.91 Å². The second-order valence-corrected chi connectivity index (χ2v) is 9.85. The summed E-state index contributed by atoms with van der Waals surface area (Å²) in [7, 11) is 1.34. The maximum absolute atomic E-state index is 13.0. The summed E-state index contributed by atoms with van der Waals surface area (Å²) in [6, 6.07) is 21.2. The largest absolute Gasteiger partial charge is 0.481 e. The first-order valence-electron chi connectivity index (χ1n) is 13.4. The number of methoxy groups -OCH3 is 1. The second-order valence-electron chi connectivity index (χ2n) is 9.85. The first-order chi connectivity index (χ1) is 19.4. The molecule has 0 saturated heterocycles. The number of nitrogens with zero attached hydrogens (tertiary/aromatic N) is 2. The average Bonchev–Trinajstić information content (AvgIpc) is 3.38. The molecule has 5 rings (SSSR count). The van der Waals surface area contributed by atoms with Crippen molar-refractivity contribution in [3.63, 3.8) is 0 Å². The standard InChI is InChI=1S/C32H31N3O5/c1-40-32(39)25-10-5-7-21(19-25)20-33-31-30-26(24-15-13-23(14-16-24)22-8-3-2-4-9-22)11-6-12-27(30)35(34-31)28(36)17-18-29(37)38/h5-8,10-16,19H,2-4,9,17-18,20H2,1H3,(H,33,34)(H,37,38). The molecule has 0 spiro atoms. The smallest absolute Gasteiger partial charge is 0.337 e. The molecular weight excluding hydrogens is 506 g/mol. The van der Waals surface area contributed by atoms with Gasteiger partial charge in [0, 0.05) is 13.0 Å². The zero-order valence-electron chi connectivity index (χ0n) is 22.4. The van der Waals surface area contributed by atoms with Crippen molar-refractivity contribution in [3.8, 4) is 11.1 Å². The number of hydrogen-bond donors (Lipinski definition) is 2. The number of hydrogen-bond acceptors (Lipinski definition) is 6. The highest BCUT2D eigenvalue weighted by Crippen LogP contribution is 2.36. The van der Waals surface area contributed by atoms with Crippen LogP contribution >= 0.6 is 0 Å². The van der Waals surface area contributed by atoms with Crippen LogP contribution in [0.15, 0.2) is 72.8 Å². The Morgan fingerprint density at radius 2 is 1.75 bits per heavy atom. The van der Waals surface area contributed by atoms with E-state index in [1.54, 1.807) is 18.2 Å². The molecule has 8 heteroatoms. The minimum absolute atomic E-state index is 0.166. The summed E-state index contributed by atoms with van der Waals surface area (Å²) in [6.45, 7) is 0.349. The van der Waals surface area contributed by atoms with Gasteiger partial charge in [0.1, 0.15) is 0 Å².